The summed E-state index contributed by atoms with van der Waals surface area (Å²) in [5, 5.41) is 8.74. The minimum Gasteiger partial charge on any atom is -0.396 e. The van der Waals surface area contributed by atoms with Crippen LogP contribution in [0.3, 0.4) is 0 Å². The Kier molecular flexibility index (Phi) is 6.35. The molecule has 20 heavy (non-hydrogen) atoms. The quantitative estimate of drug-likeness (QED) is 0.623. The number of benzene rings is 2. The van der Waals surface area contributed by atoms with E-state index in [1.807, 2.05) is 36.5 Å². The van der Waals surface area contributed by atoms with Crippen LogP contribution in [0.4, 0.5) is 0 Å². The molecule has 0 unspecified atom stereocenters. The Balaban J connectivity index is 1.83. The van der Waals surface area contributed by atoms with Crippen LogP contribution < -0.4 is 0 Å². The Labute approximate surface area is 124 Å². The highest BCUT2D eigenvalue weighted by Gasteiger charge is 1.95. The molecule has 0 amide bonds. The molecular weight excluding hydrogens is 266 g/mol. The van der Waals surface area contributed by atoms with E-state index in [0.717, 1.165) is 17.1 Å². The Morgan fingerprint density at radius 2 is 1.65 bits per heavy atom. The van der Waals surface area contributed by atoms with E-state index in [1.165, 1.54) is 11.1 Å². The first-order chi connectivity index (χ1) is 9.88. The maximum Gasteiger partial charge on any atom is 0.0639 e. The normalized spacial score (nSPS) is 11.1. The van der Waals surface area contributed by atoms with Crippen molar-refractivity contribution in [2.24, 2.45) is 4.99 Å². The smallest absolute Gasteiger partial charge is 0.0639 e. The second-order valence-electron chi connectivity index (χ2n) is 4.47. The van der Waals surface area contributed by atoms with Gasteiger partial charge in [-0.25, -0.2) is 0 Å². The highest BCUT2D eigenvalue weighted by Crippen LogP contribution is 2.13. The summed E-state index contributed by atoms with van der Waals surface area (Å²) in [6.45, 7) is 0.954. The fraction of sp³-hybridized carbons (Fsp3) is 0.235. The molecule has 0 spiro atoms. The van der Waals surface area contributed by atoms with Crippen molar-refractivity contribution in [1.29, 1.82) is 0 Å². The molecule has 0 aliphatic carbocycles. The van der Waals surface area contributed by atoms with Crippen molar-refractivity contribution in [2.75, 3.05) is 12.4 Å². The lowest BCUT2D eigenvalue weighted by atomic mass is 10.1. The van der Waals surface area contributed by atoms with E-state index in [4.69, 9.17) is 5.11 Å². The Morgan fingerprint density at radius 1 is 0.950 bits per heavy atom. The number of thioether (sulfide) groups is 1. The van der Waals surface area contributed by atoms with Gasteiger partial charge in [-0.2, -0.15) is 11.8 Å². The molecule has 0 fully saturated rings. The minimum absolute atomic E-state index is 0.247. The first-order valence-electron chi connectivity index (χ1n) is 6.70. The number of aliphatic hydroxyl groups is 1. The SMILES string of the molecule is OCCSCc1ccc(CN=Cc2ccccc2)cc1. The zero-order valence-corrected chi connectivity index (χ0v) is 12.2. The number of hydrogen-bond acceptors (Lipinski definition) is 3. The monoisotopic (exact) mass is 285 g/mol. The summed E-state index contributed by atoms with van der Waals surface area (Å²) in [5.74, 6) is 1.75. The molecule has 2 rings (SSSR count). The zero-order valence-electron chi connectivity index (χ0n) is 11.4. The van der Waals surface area contributed by atoms with Crippen molar-refractivity contribution in [2.45, 2.75) is 12.3 Å². The number of nitrogens with zero attached hydrogens (tertiary/aromatic N) is 1. The van der Waals surface area contributed by atoms with Gasteiger partial charge in [-0.05, 0) is 16.7 Å². The molecule has 0 radical (unpaired) electrons. The molecule has 2 aromatic carbocycles. The number of aliphatic hydroxyl groups excluding tert-OH is 1. The third-order valence-corrected chi connectivity index (χ3v) is 3.85. The summed E-state index contributed by atoms with van der Waals surface area (Å²) in [4.78, 5) is 4.45. The standard InChI is InChI=1S/C17H19NOS/c19-10-11-20-14-17-8-6-16(7-9-17)13-18-12-15-4-2-1-3-5-15/h1-9,12,19H,10-11,13-14H2. The average molecular weight is 285 g/mol. The largest absolute Gasteiger partial charge is 0.396 e. The fourth-order valence-electron chi connectivity index (χ4n) is 1.79. The lowest BCUT2D eigenvalue weighted by molar-refractivity contribution is 0.322. The van der Waals surface area contributed by atoms with Gasteiger partial charge >= 0.3 is 0 Å². The molecule has 0 aliphatic rings. The molecule has 0 saturated heterocycles. The van der Waals surface area contributed by atoms with Crippen molar-refractivity contribution in [3.05, 3.63) is 71.3 Å². The van der Waals surface area contributed by atoms with E-state index < -0.39 is 0 Å². The van der Waals surface area contributed by atoms with Crippen molar-refractivity contribution >= 4 is 18.0 Å². The molecule has 0 heterocycles. The summed E-state index contributed by atoms with van der Waals surface area (Å²) < 4.78 is 0. The van der Waals surface area contributed by atoms with E-state index in [2.05, 4.69) is 29.3 Å². The third-order valence-electron chi connectivity index (χ3n) is 2.84. The molecule has 1 N–H and O–H groups in total. The van der Waals surface area contributed by atoms with Crippen LogP contribution in [0.15, 0.2) is 59.6 Å². The van der Waals surface area contributed by atoms with Gasteiger partial charge in [0.05, 0.1) is 13.2 Å². The van der Waals surface area contributed by atoms with Gasteiger partial charge in [0.25, 0.3) is 0 Å². The lowest BCUT2D eigenvalue weighted by Gasteiger charge is -2.02. The lowest BCUT2D eigenvalue weighted by Crippen LogP contribution is -1.89. The van der Waals surface area contributed by atoms with Crippen LogP contribution in [0.5, 0.6) is 0 Å². The van der Waals surface area contributed by atoms with E-state index in [-0.39, 0.29) is 6.61 Å². The fourth-order valence-corrected chi connectivity index (χ4v) is 2.49. The van der Waals surface area contributed by atoms with Crippen molar-refractivity contribution < 1.29 is 5.11 Å². The Morgan fingerprint density at radius 3 is 2.35 bits per heavy atom. The molecule has 0 aliphatic heterocycles. The third kappa shape index (κ3) is 5.19. The van der Waals surface area contributed by atoms with Crippen LogP contribution in [-0.4, -0.2) is 23.7 Å². The maximum absolute atomic E-state index is 8.74. The highest BCUT2D eigenvalue weighted by molar-refractivity contribution is 7.98. The molecule has 0 bridgehead atoms. The average Bonchev–Trinajstić information content (AvgIpc) is 2.50. The van der Waals surface area contributed by atoms with Gasteiger partial charge in [-0.1, -0.05) is 54.6 Å². The first-order valence-corrected chi connectivity index (χ1v) is 7.85. The summed E-state index contributed by atoms with van der Waals surface area (Å²) in [6, 6.07) is 18.6. The van der Waals surface area contributed by atoms with Crippen LogP contribution in [0.1, 0.15) is 16.7 Å². The molecule has 0 saturated carbocycles. The van der Waals surface area contributed by atoms with Gasteiger partial charge in [0, 0.05) is 17.7 Å². The predicted molar refractivity (Wildman–Crippen MR) is 87.4 cm³/mol. The second-order valence-corrected chi connectivity index (χ2v) is 5.58. The van der Waals surface area contributed by atoms with Crippen molar-refractivity contribution in [3.8, 4) is 0 Å². The molecule has 104 valence electrons. The van der Waals surface area contributed by atoms with E-state index in [0.29, 0.717) is 6.54 Å². The van der Waals surface area contributed by atoms with Crippen LogP contribution in [-0.2, 0) is 12.3 Å². The van der Waals surface area contributed by atoms with Crippen molar-refractivity contribution in [1.82, 2.24) is 0 Å². The number of aliphatic imine (C=N–C) groups is 1. The van der Waals surface area contributed by atoms with E-state index >= 15 is 0 Å². The van der Waals surface area contributed by atoms with E-state index in [9.17, 15) is 0 Å². The first kappa shape index (κ1) is 14.8. The number of hydrogen-bond donors (Lipinski definition) is 1. The van der Waals surface area contributed by atoms with Crippen LogP contribution in [0, 0.1) is 0 Å². The summed E-state index contributed by atoms with van der Waals surface area (Å²) >= 11 is 1.75. The number of rotatable bonds is 7. The highest BCUT2D eigenvalue weighted by atomic mass is 32.2. The molecule has 0 aromatic heterocycles. The minimum atomic E-state index is 0.247. The van der Waals surface area contributed by atoms with Crippen molar-refractivity contribution in [3.63, 3.8) is 0 Å². The van der Waals surface area contributed by atoms with Gasteiger partial charge < -0.3 is 5.11 Å². The van der Waals surface area contributed by atoms with Gasteiger partial charge in [-0.3, -0.25) is 4.99 Å². The molecule has 2 aromatic rings. The topological polar surface area (TPSA) is 32.6 Å². The van der Waals surface area contributed by atoms with Crippen LogP contribution in [0.25, 0.3) is 0 Å². The molecule has 0 atom stereocenters. The predicted octanol–water partition coefficient (Wildman–Crippen LogP) is 3.53. The van der Waals surface area contributed by atoms with Crippen LogP contribution >= 0.6 is 11.8 Å². The van der Waals surface area contributed by atoms with Gasteiger partial charge in [0.1, 0.15) is 0 Å². The summed E-state index contributed by atoms with van der Waals surface area (Å²) in [6.07, 6.45) is 1.91. The van der Waals surface area contributed by atoms with Crippen LogP contribution in [0.2, 0.25) is 0 Å². The maximum atomic E-state index is 8.74. The molecule has 2 nitrogen and oxygen atoms in total. The molecule has 3 heteroatoms. The van der Waals surface area contributed by atoms with Gasteiger partial charge in [0.15, 0.2) is 0 Å². The Hall–Kier alpha value is -1.58. The summed E-state index contributed by atoms with van der Waals surface area (Å²) in [7, 11) is 0. The zero-order chi connectivity index (χ0) is 14.0. The van der Waals surface area contributed by atoms with Gasteiger partial charge in [0.2, 0.25) is 0 Å². The van der Waals surface area contributed by atoms with Gasteiger partial charge in [-0.15, -0.1) is 0 Å². The Bertz CT molecular complexity index is 522. The van der Waals surface area contributed by atoms with E-state index in [1.54, 1.807) is 11.8 Å². The summed E-state index contributed by atoms with van der Waals surface area (Å²) in [5.41, 5.74) is 3.64. The second kappa shape index (κ2) is 8.56. The molecular formula is C17H19NOS.